The summed E-state index contributed by atoms with van der Waals surface area (Å²) in [5.41, 5.74) is 0. The Morgan fingerprint density at radius 2 is 2.00 bits per heavy atom. The molecule has 0 bridgehead atoms. The number of methoxy groups -OCH3 is 1. The Hall–Kier alpha value is -1.40. The van der Waals surface area contributed by atoms with Crippen molar-refractivity contribution >= 4 is 11.8 Å². The van der Waals surface area contributed by atoms with Gasteiger partial charge in [0.25, 0.3) is 0 Å². The molecular weight excluding hydrogens is 256 g/mol. The molecule has 2 fully saturated rings. The molecule has 1 aromatic rings. The van der Waals surface area contributed by atoms with Crippen LogP contribution in [0.25, 0.3) is 0 Å². The summed E-state index contributed by atoms with van der Waals surface area (Å²) in [5.74, 6) is 1.68. The molecular formula is C14H22N4O2. The van der Waals surface area contributed by atoms with Crippen LogP contribution < -0.4 is 9.80 Å². The van der Waals surface area contributed by atoms with E-state index in [1.165, 1.54) is 19.3 Å². The normalized spacial score (nSPS) is 27.1. The molecule has 2 aliphatic heterocycles. The van der Waals surface area contributed by atoms with Gasteiger partial charge >= 0.3 is 0 Å². The molecule has 2 aliphatic rings. The Morgan fingerprint density at radius 1 is 1.20 bits per heavy atom. The van der Waals surface area contributed by atoms with Gasteiger partial charge in [-0.15, -0.1) is 0 Å². The summed E-state index contributed by atoms with van der Waals surface area (Å²) < 4.78 is 5.28. The highest BCUT2D eigenvalue weighted by Crippen LogP contribution is 2.22. The molecule has 3 rings (SSSR count). The van der Waals surface area contributed by atoms with Crippen LogP contribution in [0.15, 0.2) is 12.3 Å². The van der Waals surface area contributed by atoms with Crippen molar-refractivity contribution in [2.75, 3.05) is 43.1 Å². The van der Waals surface area contributed by atoms with Crippen LogP contribution in [-0.4, -0.2) is 60.6 Å². The van der Waals surface area contributed by atoms with Gasteiger partial charge in [0.2, 0.25) is 5.95 Å². The number of hydrogen-bond acceptors (Lipinski definition) is 6. The van der Waals surface area contributed by atoms with Crippen molar-refractivity contribution in [1.82, 2.24) is 9.97 Å². The smallest absolute Gasteiger partial charge is 0.227 e. The lowest BCUT2D eigenvalue weighted by molar-refractivity contribution is 0.0217. The van der Waals surface area contributed by atoms with Gasteiger partial charge in [-0.25, -0.2) is 4.98 Å². The van der Waals surface area contributed by atoms with E-state index < -0.39 is 6.10 Å². The largest absolute Gasteiger partial charge is 0.388 e. The minimum atomic E-state index is -0.451. The number of β-amino-alcohol motifs (C(OH)–C–C–N with tert-alkyl or cyclic N) is 1. The lowest BCUT2D eigenvalue weighted by Crippen LogP contribution is -2.31. The first-order chi connectivity index (χ1) is 9.78. The Kier molecular flexibility index (Phi) is 4.03. The summed E-state index contributed by atoms with van der Waals surface area (Å²) in [4.78, 5) is 13.3. The van der Waals surface area contributed by atoms with Crippen LogP contribution >= 0.6 is 0 Å². The van der Waals surface area contributed by atoms with Gasteiger partial charge in [0.1, 0.15) is 11.9 Å². The zero-order valence-corrected chi connectivity index (χ0v) is 11.9. The van der Waals surface area contributed by atoms with Crippen LogP contribution in [0.2, 0.25) is 0 Å². The predicted molar refractivity (Wildman–Crippen MR) is 77.1 cm³/mol. The Balaban J connectivity index is 1.74. The van der Waals surface area contributed by atoms with E-state index >= 15 is 0 Å². The monoisotopic (exact) mass is 278 g/mol. The molecule has 0 aliphatic carbocycles. The van der Waals surface area contributed by atoms with Crippen molar-refractivity contribution in [3.05, 3.63) is 12.3 Å². The molecule has 0 radical (unpaired) electrons. The predicted octanol–water partition coefficient (Wildman–Crippen LogP) is 0.663. The highest BCUT2D eigenvalue weighted by Gasteiger charge is 2.32. The standard InChI is InChI=1S/C14H22N4O2/c1-20-12-10-18(9-11(12)19)13-5-6-15-14(16-13)17-7-3-2-4-8-17/h5-6,11-12,19H,2-4,7-10H2,1H3/t11-,12-/m1/s1. The fourth-order valence-electron chi connectivity index (χ4n) is 2.94. The maximum Gasteiger partial charge on any atom is 0.227 e. The molecule has 1 aromatic heterocycles. The molecule has 110 valence electrons. The van der Waals surface area contributed by atoms with Crippen LogP contribution in [-0.2, 0) is 4.74 Å². The van der Waals surface area contributed by atoms with Crippen molar-refractivity contribution in [1.29, 1.82) is 0 Å². The minimum Gasteiger partial charge on any atom is -0.388 e. The van der Waals surface area contributed by atoms with E-state index in [1.807, 2.05) is 6.07 Å². The molecule has 6 heteroatoms. The average Bonchev–Trinajstić information content (AvgIpc) is 2.89. The lowest BCUT2D eigenvalue weighted by atomic mass is 10.1. The molecule has 0 aromatic carbocycles. The number of aromatic nitrogens is 2. The summed E-state index contributed by atoms with van der Waals surface area (Å²) in [5, 5.41) is 9.92. The van der Waals surface area contributed by atoms with Crippen LogP contribution in [0, 0.1) is 0 Å². The van der Waals surface area contributed by atoms with Crippen LogP contribution in [0.4, 0.5) is 11.8 Å². The second-order valence-electron chi connectivity index (χ2n) is 5.51. The average molecular weight is 278 g/mol. The van der Waals surface area contributed by atoms with Crippen LogP contribution in [0.1, 0.15) is 19.3 Å². The molecule has 6 nitrogen and oxygen atoms in total. The van der Waals surface area contributed by atoms with Crippen LogP contribution in [0.3, 0.4) is 0 Å². The van der Waals surface area contributed by atoms with Gasteiger partial charge in [-0.2, -0.15) is 4.98 Å². The third-order valence-corrected chi connectivity index (χ3v) is 4.13. The zero-order valence-electron chi connectivity index (χ0n) is 11.9. The maximum absolute atomic E-state index is 9.92. The number of piperidine rings is 1. The molecule has 1 N–H and O–H groups in total. The Morgan fingerprint density at radius 3 is 2.70 bits per heavy atom. The second-order valence-corrected chi connectivity index (χ2v) is 5.51. The fourth-order valence-corrected chi connectivity index (χ4v) is 2.94. The van der Waals surface area contributed by atoms with Crippen molar-refractivity contribution in [2.24, 2.45) is 0 Å². The first-order valence-electron chi connectivity index (χ1n) is 7.32. The summed E-state index contributed by atoms with van der Waals surface area (Å²) in [7, 11) is 1.64. The van der Waals surface area contributed by atoms with E-state index in [0.29, 0.717) is 13.1 Å². The quantitative estimate of drug-likeness (QED) is 0.876. The number of rotatable bonds is 3. The van der Waals surface area contributed by atoms with E-state index in [0.717, 1.165) is 24.9 Å². The van der Waals surface area contributed by atoms with Crippen molar-refractivity contribution < 1.29 is 9.84 Å². The molecule has 3 heterocycles. The molecule has 2 saturated heterocycles. The van der Waals surface area contributed by atoms with E-state index in [4.69, 9.17) is 4.74 Å². The third-order valence-electron chi connectivity index (χ3n) is 4.13. The maximum atomic E-state index is 9.92. The summed E-state index contributed by atoms with van der Waals surface area (Å²) in [6.45, 7) is 3.31. The number of anilines is 2. The SMILES string of the molecule is CO[C@@H]1CN(c2ccnc(N3CCCCC3)n2)C[C@H]1O. The molecule has 0 saturated carbocycles. The third kappa shape index (κ3) is 2.71. The molecule has 0 unspecified atom stereocenters. The summed E-state index contributed by atoms with van der Waals surface area (Å²) in [6.07, 6.45) is 4.93. The van der Waals surface area contributed by atoms with Crippen molar-refractivity contribution in [3.63, 3.8) is 0 Å². The highest BCUT2D eigenvalue weighted by molar-refractivity contribution is 5.45. The van der Waals surface area contributed by atoms with Crippen molar-refractivity contribution in [3.8, 4) is 0 Å². The van der Waals surface area contributed by atoms with Gasteiger partial charge in [0, 0.05) is 39.5 Å². The second kappa shape index (κ2) is 5.93. The lowest BCUT2D eigenvalue weighted by Gasteiger charge is -2.27. The highest BCUT2D eigenvalue weighted by atomic mass is 16.5. The molecule has 20 heavy (non-hydrogen) atoms. The first kappa shape index (κ1) is 13.6. The van der Waals surface area contributed by atoms with Gasteiger partial charge in [-0.3, -0.25) is 0 Å². The van der Waals surface area contributed by atoms with Gasteiger partial charge in [-0.05, 0) is 25.3 Å². The van der Waals surface area contributed by atoms with Crippen LogP contribution in [0.5, 0.6) is 0 Å². The van der Waals surface area contributed by atoms with E-state index in [9.17, 15) is 5.11 Å². The van der Waals surface area contributed by atoms with Gasteiger partial charge in [0.15, 0.2) is 0 Å². The molecule has 0 spiro atoms. The van der Waals surface area contributed by atoms with Gasteiger partial charge < -0.3 is 19.6 Å². The molecule has 2 atom stereocenters. The van der Waals surface area contributed by atoms with E-state index in [1.54, 1.807) is 13.3 Å². The zero-order chi connectivity index (χ0) is 13.9. The first-order valence-corrected chi connectivity index (χ1v) is 7.32. The van der Waals surface area contributed by atoms with E-state index in [-0.39, 0.29) is 6.10 Å². The minimum absolute atomic E-state index is 0.136. The topological polar surface area (TPSA) is 61.7 Å². The Bertz CT molecular complexity index is 451. The number of aliphatic hydroxyl groups is 1. The number of hydrogen-bond donors (Lipinski definition) is 1. The number of nitrogens with zero attached hydrogens (tertiary/aromatic N) is 4. The summed E-state index contributed by atoms with van der Waals surface area (Å²) in [6, 6.07) is 1.90. The van der Waals surface area contributed by atoms with Gasteiger partial charge in [-0.1, -0.05) is 0 Å². The Labute approximate surface area is 119 Å². The fraction of sp³-hybridized carbons (Fsp3) is 0.714. The van der Waals surface area contributed by atoms with Crippen molar-refractivity contribution in [2.45, 2.75) is 31.5 Å². The number of ether oxygens (including phenoxy) is 1. The van der Waals surface area contributed by atoms with E-state index in [2.05, 4.69) is 19.8 Å². The number of aliphatic hydroxyl groups excluding tert-OH is 1. The molecule has 0 amide bonds. The van der Waals surface area contributed by atoms with Gasteiger partial charge in [0.05, 0.1) is 6.10 Å². The summed E-state index contributed by atoms with van der Waals surface area (Å²) >= 11 is 0.